The van der Waals surface area contributed by atoms with E-state index < -0.39 is 22.4 Å². The predicted octanol–water partition coefficient (Wildman–Crippen LogP) is 2.51. The van der Waals surface area contributed by atoms with Gasteiger partial charge in [0.15, 0.2) is 9.84 Å². The van der Waals surface area contributed by atoms with Gasteiger partial charge in [0.2, 0.25) is 5.91 Å². The number of carbonyl (C=O) groups is 1. The number of aliphatic hydroxyl groups is 1. The highest BCUT2D eigenvalue weighted by molar-refractivity contribution is 7.90. The normalized spacial score (nSPS) is 11.4. The maximum absolute atomic E-state index is 11.8. The Morgan fingerprint density at radius 3 is 2.31 bits per heavy atom. The number of nitrogens with zero attached hydrogens (tertiary/aromatic N) is 1. The summed E-state index contributed by atoms with van der Waals surface area (Å²) in [7, 11) is -3.26. The molecule has 1 amide bonds. The van der Waals surface area contributed by atoms with E-state index in [4.69, 9.17) is 5.11 Å². The van der Waals surface area contributed by atoms with Crippen molar-refractivity contribution < 1.29 is 18.3 Å². The Kier molecular flexibility index (Phi) is 6.20. The van der Waals surface area contributed by atoms with Crippen molar-refractivity contribution in [1.29, 1.82) is 0 Å². The van der Waals surface area contributed by atoms with E-state index in [1.165, 1.54) is 6.26 Å². The maximum Gasteiger partial charge on any atom is 0.245 e. The molecule has 2 N–H and O–H groups in total. The Bertz CT molecular complexity index is 1100. The Morgan fingerprint density at radius 1 is 1.07 bits per heavy atom. The standard InChI is InChI=1S/C22H24N2O4S/c1-16-18(12-13-23-22(26)15-25)14-21(24(16)19-6-4-3-5-7-19)17-8-10-20(11-9-17)29(2,27)28/h3-11,14,25H,12-13,15H2,1-2H3,(H,23,26). The van der Waals surface area contributed by atoms with Crippen LogP contribution in [0.2, 0.25) is 0 Å². The molecule has 0 aliphatic heterocycles. The highest BCUT2D eigenvalue weighted by Crippen LogP contribution is 2.30. The van der Waals surface area contributed by atoms with Crippen LogP contribution in [0.15, 0.2) is 65.6 Å². The summed E-state index contributed by atoms with van der Waals surface area (Å²) in [5, 5.41) is 11.5. The van der Waals surface area contributed by atoms with Crippen molar-refractivity contribution >= 4 is 15.7 Å². The van der Waals surface area contributed by atoms with Crippen molar-refractivity contribution in [3.8, 4) is 16.9 Å². The predicted molar refractivity (Wildman–Crippen MR) is 113 cm³/mol. The van der Waals surface area contributed by atoms with Gasteiger partial charge in [-0.05, 0) is 54.8 Å². The first kappa shape index (κ1) is 20.8. The molecule has 0 bridgehead atoms. The smallest absolute Gasteiger partial charge is 0.245 e. The fourth-order valence-electron chi connectivity index (χ4n) is 3.30. The molecule has 0 spiro atoms. The van der Waals surface area contributed by atoms with Crippen molar-refractivity contribution in [2.45, 2.75) is 18.2 Å². The van der Waals surface area contributed by atoms with E-state index in [-0.39, 0.29) is 4.90 Å². The lowest BCUT2D eigenvalue weighted by molar-refractivity contribution is -0.123. The lowest BCUT2D eigenvalue weighted by Crippen LogP contribution is -2.28. The molecule has 0 aliphatic rings. The van der Waals surface area contributed by atoms with Gasteiger partial charge in [-0.3, -0.25) is 4.79 Å². The summed E-state index contributed by atoms with van der Waals surface area (Å²) in [6.45, 7) is 1.91. The van der Waals surface area contributed by atoms with Crippen molar-refractivity contribution in [2.24, 2.45) is 0 Å². The number of amides is 1. The van der Waals surface area contributed by atoms with Crippen LogP contribution in [-0.4, -0.2) is 43.4 Å². The molecule has 0 radical (unpaired) electrons. The summed E-state index contributed by atoms with van der Waals surface area (Å²) in [6.07, 6.45) is 1.81. The third-order valence-corrected chi connectivity index (χ3v) is 5.93. The van der Waals surface area contributed by atoms with Gasteiger partial charge in [0.05, 0.1) is 10.6 Å². The molecule has 3 rings (SSSR count). The second kappa shape index (κ2) is 8.63. The number of aromatic nitrogens is 1. The highest BCUT2D eigenvalue weighted by atomic mass is 32.2. The fourth-order valence-corrected chi connectivity index (χ4v) is 3.93. The summed E-state index contributed by atoms with van der Waals surface area (Å²) in [5.41, 5.74) is 4.94. The second-order valence-corrected chi connectivity index (χ2v) is 8.88. The van der Waals surface area contributed by atoms with Gasteiger partial charge in [-0.1, -0.05) is 30.3 Å². The van der Waals surface area contributed by atoms with E-state index in [2.05, 4.69) is 16.0 Å². The Labute approximate surface area is 170 Å². The molecule has 3 aromatic rings. The summed E-state index contributed by atoms with van der Waals surface area (Å²) >= 11 is 0. The minimum absolute atomic E-state index is 0.280. The van der Waals surface area contributed by atoms with Crippen molar-refractivity contribution in [1.82, 2.24) is 9.88 Å². The quantitative estimate of drug-likeness (QED) is 0.624. The molecule has 29 heavy (non-hydrogen) atoms. The molecule has 0 unspecified atom stereocenters. The third-order valence-electron chi connectivity index (χ3n) is 4.80. The number of benzene rings is 2. The Hall–Kier alpha value is -2.90. The first-order valence-corrected chi connectivity index (χ1v) is 11.1. The van der Waals surface area contributed by atoms with Crippen LogP contribution in [0.4, 0.5) is 0 Å². The van der Waals surface area contributed by atoms with Gasteiger partial charge in [0, 0.05) is 24.2 Å². The molecule has 0 fully saturated rings. The summed E-state index contributed by atoms with van der Waals surface area (Å²) in [4.78, 5) is 11.6. The van der Waals surface area contributed by atoms with Gasteiger partial charge in [-0.2, -0.15) is 0 Å². The number of nitrogens with one attached hydrogen (secondary N) is 1. The highest BCUT2D eigenvalue weighted by Gasteiger charge is 2.16. The van der Waals surface area contributed by atoms with E-state index in [0.29, 0.717) is 13.0 Å². The van der Waals surface area contributed by atoms with Gasteiger partial charge in [0.1, 0.15) is 6.61 Å². The third kappa shape index (κ3) is 4.75. The van der Waals surface area contributed by atoms with E-state index in [9.17, 15) is 13.2 Å². The number of para-hydroxylation sites is 1. The molecule has 152 valence electrons. The van der Waals surface area contributed by atoms with Crippen LogP contribution in [-0.2, 0) is 21.1 Å². The largest absolute Gasteiger partial charge is 0.387 e. The van der Waals surface area contributed by atoms with Gasteiger partial charge in [-0.25, -0.2) is 8.42 Å². The molecule has 7 heteroatoms. The molecule has 0 saturated carbocycles. The van der Waals surface area contributed by atoms with Crippen molar-refractivity contribution in [3.63, 3.8) is 0 Å². The average molecular weight is 413 g/mol. The lowest BCUT2D eigenvalue weighted by atomic mass is 10.1. The number of hydrogen-bond donors (Lipinski definition) is 2. The van der Waals surface area contributed by atoms with E-state index in [0.717, 1.165) is 28.2 Å². The topological polar surface area (TPSA) is 88.4 Å². The summed E-state index contributed by atoms with van der Waals surface area (Å²) in [5.74, 6) is -0.401. The number of carbonyl (C=O) groups excluding carboxylic acids is 1. The molecule has 2 aromatic carbocycles. The molecular weight excluding hydrogens is 388 g/mol. The zero-order valence-electron chi connectivity index (χ0n) is 16.4. The number of sulfone groups is 1. The second-order valence-electron chi connectivity index (χ2n) is 6.87. The Morgan fingerprint density at radius 2 is 1.72 bits per heavy atom. The summed E-state index contributed by atoms with van der Waals surface area (Å²) in [6, 6.07) is 18.8. The van der Waals surface area contributed by atoms with Gasteiger partial charge in [0.25, 0.3) is 0 Å². The molecular formula is C22H24N2O4S. The minimum atomic E-state index is -3.26. The summed E-state index contributed by atoms with van der Waals surface area (Å²) < 4.78 is 25.7. The Balaban J connectivity index is 2.03. The van der Waals surface area contributed by atoms with Gasteiger partial charge < -0.3 is 15.0 Å². The van der Waals surface area contributed by atoms with Crippen LogP contribution in [0.3, 0.4) is 0 Å². The van der Waals surface area contributed by atoms with Gasteiger partial charge >= 0.3 is 0 Å². The van der Waals surface area contributed by atoms with Crippen LogP contribution >= 0.6 is 0 Å². The first-order valence-electron chi connectivity index (χ1n) is 9.26. The van der Waals surface area contributed by atoms with Crippen LogP contribution in [0.25, 0.3) is 16.9 Å². The van der Waals surface area contributed by atoms with Crippen molar-refractivity contribution in [2.75, 3.05) is 19.4 Å². The van der Waals surface area contributed by atoms with Crippen LogP contribution in [0, 0.1) is 6.92 Å². The maximum atomic E-state index is 11.8. The molecule has 0 atom stereocenters. The van der Waals surface area contributed by atoms with Crippen molar-refractivity contribution in [3.05, 3.63) is 71.9 Å². The first-order chi connectivity index (χ1) is 13.8. The van der Waals surface area contributed by atoms with Crippen LogP contribution < -0.4 is 5.32 Å². The molecule has 6 nitrogen and oxygen atoms in total. The van der Waals surface area contributed by atoms with E-state index in [1.54, 1.807) is 12.1 Å². The number of rotatable bonds is 7. The number of hydrogen-bond acceptors (Lipinski definition) is 4. The zero-order chi connectivity index (χ0) is 21.0. The van der Waals surface area contributed by atoms with Crippen LogP contribution in [0.5, 0.6) is 0 Å². The fraction of sp³-hybridized carbons (Fsp3) is 0.227. The SMILES string of the molecule is Cc1c(CCNC(=O)CO)cc(-c2ccc(S(C)(=O)=O)cc2)n1-c1ccccc1. The van der Waals surface area contributed by atoms with E-state index >= 15 is 0 Å². The molecule has 0 aliphatic carbocycles. The lowest BCUT2D eigenvalue weighted by Gasteiger charge is -2.13. The van der Waals surface area contributed by atoms with Crippen LogP contribution in [0.1, 0.15) is 11.3 Å². The van der Waals surface area contributed by atoms with Gasteiger partial charge in [-0.15, -0.1) is 0 Å². The zero-order valence-corrected chi connectivity index (χ0v) is 17.2. The molecule has 0 saturated heterocycles. The van der Waals surface area contributed by atoms with E-state index in [1.807, 2.05) is 49.4 Å². The average Bonchev–Trinajstić information content (AvgIpc) is 3.04. The minimum Gasteiger partial charge on any atom is -0.387 e. The monoisotopic (exact) mass is 412 g/mol. The molecule has 1 heterocycles. The number of aliphatic hydroxyl groups excluding tert-OH is 1. The molecule has 1 aromatic heterocycles.